The molecule has 0 aliphatic carbocycles. The summed E-state index contributed by atoms with van der Waals surface area (Å²) in [5, 5.41) is 6.24. The van der Waals surface area contributed by atoms with Gasteiger partial charge in [0.1, 0.15) is 12.2 Å². The van der Waals surface area contributed by atoms with E-state index in [1.165, 1.54) is 6.33 Å². The molecule has 0 amide bonds. The Labute approximate surface area is 88.9 Å². The molecule has 0 fully saturated rings. The maximum absolute atomic E-state index is 11.4. The smallest absolute Gasteiger partial charge is 0.262 e. The van der Waals surface area contributed by atoms with Crippen LogP contribution in [0.2, 0.25) is 0 Å². The molecule has 7 nitrogen and oxygen atoms in total. The van der Waals surface area contributed by atoms with Crippen LogP contribution in [0, 0.1) is 0 Å². The van der Waals surface area contributed by atoms with Gasteiger partial charge in [0, 0.05) is 6.54 Å². The van der Waals surface area contributed by atoms with E-state index in [4.69, 9.17) is 0 Å². The average Bonchev–Trinajstić information content (AvgIpc) is 2.67. The second-order valence-electron chi connectivity index (χ2n) is 3.11. The topological polar surface area (TPSA) is 99.8 Å². The first kappa shape index (κ1) is 12.1. The number of nitrogens with one attached hydrogen (secondary N) is 3. The minimum Gasteiger partial charge on any atom is -0.262 e. The van der Waals surface area contributed by atoms with Gasteiger partial charge >= 0.3 is 0 Å². The van der Waals surface area contributed by atoms with Crippen molar-refractivity contribution in [3.63, 3.8) is 0 Å². The Bertz CT molecular complexity index is 374. The van der Waals surface area contributed by atoms with E-state index in [1.807, 2.05) is 6.92 Å². The lowest BCUT2D eigenvalue weighted by Crippen LogP contribution is -2.38. The molecule has 1 unspecified atom stereocenters. The van der Waals surface area contributed by atoms with Gasteiger partial charge in [0.05, 0.1) is 6.04 Å². The van der Waals surface area contributed by atoms with E-state index in [1.54, 1.807) is 6.92 Å². The Kier molecular flexibility index (Phi) is 4.18. The highest BCUT2D eigenvalue weighted by atomic mass is 32.2. The summed E-state index contributed by atoms with van der Waals surface area (Å²) < 4.78 is 27.6. The van der Waals surface area contributed by atoms with Crippen LogP contribution >= 0.6 is 0 Å². The van der Waals surface area contributed by atoms with E-state index in [9.17, 15) is 8.42 Å². The zero-order valence-electron chi connectivity index (χ0n) is 8.69. The largest absolute Gasteiger partial charge is 0.277 e. The lowest BCUT2D eigenvalue weighted by molar-refractivity contribution is 0.545. The van der Waals surface area contributed by atoms with Crippen LogP contribution in [0.1, 0.15) is 32.1 Å². The molecule has 3 N–H and O–H groups in total. The number of hydrogen-bond donors (Lipinski definition) is 3. The molecular weight excluding hydrogens is 218 g/mol. The molecular formula is C7H15N5O2S. The average molecular weight is 233 g/mol. The van der Waals surface area contributed by atoms with Crippen molar-refractivity contribution in [1.29, 1.82) is 0 Å². The fourth-order valence-electron chi connectivity index (χ4n) is 0.990. The van der Waals surface area contributed by atoms with E-state index >= 15 is 0 Å². The number of H-pyrrole nitrogens is 1. The highest BCUT2D eigenvalue weighted by Crippen LogP contribution is 2.04. The molecule has 0 saturated heterocycles. The lowest BCUT2D eigenvalue weighted by atomic mass is 10.3. The maximum Gasteiger partial charge on any atom is 0.277 e. The molecule has 1 atom stereocenters. The third-order valence-corrected chi connectivity index (χ3v) is 2.97. The quantitative estimate of drug-likeness (QED) is 0.628. The standard InChI is InChI=1S/C7H15N5O2S/c1-3-4-10-15(13,14)12-6(2)7-8-5-9-11-7/h5-6,10,12H,3-4H2,1-2H3,(H,8,9,11). The summed E-state index contributed by atoms with van der Waals surface area (Å²) in [7, 11) is -3.46. The molecule has 8 heteroatoms. The monoisotopic (exact) mass is 233 g/mol. The molecule has 0 spiro atoms. The zero-order chi connectivity index (χ0) is 11.3. The van der Waals surface area contributed by atoms with Crippen LogP contribution in [0.3, 0.4) is 0 Å². The zero-order valence-corrected chi connectivity index (χ0v) is 9.50. The van der Waals surface area contributed by atoms with E-state index in [-0.39, 0.29) is 0 Å². The molecule has 0 bridgehead atoms. The minimum absolute atomic E-state index is 0.415. The van der Waals surface area contributed by atoms with Crippen LogP contribution in [0.4, 0.5) is 0 Å². The van der Waals surface area contributed by atoms with E-state index < -0.39 is 16.3 Å². The molecule has 0 aliphatic rings. The molecule has 0 aliphatic heterocycles. The van der Waals surface area contributed by atoms with Gasteiger partial charge in [-0.25, -0.2) is 9.71 Å². The van der Waals surface area contributed by atoms with Crippen molar-refractivity contribution in [1.82, 2.24) is 24.6 Å². The van der Waals surface area contributed by atoms with Crippen molar-refractivity contribution in [2.75, 3.05) is 6.54 Å². The van der Waals surface area contributed by atoms with E-state index in [0.717, 1.165) is 6.42 Å². The van der Waals surface area contributed by atoms with Crippen molar-refractivity contribution < 1.29 is 8.42 Å². The Morgan fingerprint density at radius 3 is 2.87 bits per heavy atom. The molecule has 0 saturated carbocycles. The first-order valence-electron chi connectivity index (χ1n) is 4.67. The number of aromatic amines is 1. The molecule has 0 aromatic carbocycles. The summed E-state index contributed by atoms with van der Waals surface area (Å²) in [6.07, 6.45) is 2.08. The third-order valence-electron chi connectivity index (χ3n) is 1.72. The highest BCUT2D eigenvalue weighted by molar-refractivity contribution is 7.87. The summed E-state index contributed by atoms with van der Waals surface area (Å²) in [6, 6.07) is -0.429. The predicted molar refractivity (Wildman–Crippen MR) is 55.1 cm³/mol. The molecule has 86 valence electrons. The Balaban J connectivity index is 2.54. The second-order valence-corrected chi connectivity index (χ2v) is 4.64. The van der Waals surface area contributed by atoms with Gasteiger partial charge in [0.25, 0.3) is 10.2 Å². The number of aromatic nitrogens is 3. The van der Waals surface area contributed by atoms with Crippen molar-refractivity contribution in [2.45, 2.75) is 26.3 Å². The molecule has 1 rings (SSSR count). The van der Waals surface area contributed by atoms with Crippen LogP contribution in [-0.4, -0.2) is 30.1 Å². The Morgan fingerprint density at radius 1 is 1.60 bits per heavy atom. The Hall–Kier alpha value is -0.990. The minimum atomic E-state index is -3.46. The summed E-state index contributed by atoms with van der Waals surface area (Å²) in [4.78, 5) is 3.86. The molecule has 0 radical (unpaired) electrons. The summed E-state index contributed by atoms with van der Waals surface area (Å²) in [5.41, 5.74) is 0. The van der Waals surface area contributed by atoms with Crippen molar-refractivity contribution in [2.24, 2.45) is 0 Å². The predicted octanol–water partition coefficient (Wildman–Crippen LogP) is -0.300. The maximum atomic E-state index is 11.4. The van der Waals surface area contributed by atoms with Gasteiger partial charge in [-0.3, -0.25) is 5.10 Å². The van der Waals surface area contributed by atoms with Gasteiger partial charge in [0.2, 0.25) is 0 Å². The van der Waals surface area contributed by atoms with Gasteiger partial charge in [-0.2, -0.15) is 18.2 Å². The fraction of sp³-hybridized carbons (Fsp3) is 0.714. The third kappa shape index (κ3) is 3.94. The van der Waals surface area contributed by atoms with Gasteiger partial charge in [0.15, 0.2) is 0 Å². The van der Waals surface area contributed by atoms with Gasteiger partial charge in [-0.05, 0) is 13.3 Å². The Morgan fingerprint density at radius 2 is 2.33 bits per heavy atom. The lowest BCUT2D eigenvalue weighted by Gasteiger charge is -2.11. The normalized spacial score (nSPS) is 14.0. The summed E-state index contributed by atoms with van der Waals surface area (Å²) in [5.74, 6) is 0.483. The van der Waals surface area contributed by atoms with Crippen molar-refractivity contribution in [3.8, 4) is 0 Å². The molecule has 1 aromatic heterocycles. The van der Waals surface area contributed by atoms with E-state index in [2.05, 4.69) is 24.6 Å². The van der Waals surface area contributed by atoms with Crippen LogP contribution in [0.15, 0.2) is 6.33 Å². The number of hydrogen-bond acceptors (Lipinski definition) is 4. The first-order valence-corrected chi connectivity index (χ1v) is 6.15. The van der Waals surface area contributed by atoms with Crippen LogP contribution < -0.4 is 9.44 Å². The number of nitrogens with zero attached hydrogens (tertiary/aromatic N) is 2. The summed E-state index contributed by atoms with van der Waals surface area (Å²) in [6.45, 7) is 3.99. The second kappa shape index (κ2) is 5.19. The summed E-state index contributed by atoms with van der Waals surface area (Å²) >= 11 is 0. The van der Waals surface area contributed by atoms with Crippen molar-refractivity contribution >= 4 is 10.2 Å². The molecule has 15 heavy (non-hydrogen) atoms. The van der Waals surface area contributed by atoms with E-state index in [0.29, 0.717) is 12.4 Å². The molecule has 1 aromatic rings. The van der Waals surface area contributed by atoms with Gasteiger partial charge in [-0.15, -0.1) is 0 Å². The van der Waals surface area contributed by atoms with Crippen LogP contribution in [-0.2, 0) is 10.2 Å². The fourth-order valence-corrected chi connectivity index (χ4v) is 2.12. The highest BCUT2D eigenvalue weighted by Gasteiger charge is 2.16. The molecule has 1 heterocycles. The SMILES string of the molecule is CCCNS(=O)(=O)NC(C)c1ncn[nH]1. The van der Waals surface area contributed by atoms with Crippen molar-refractivity contribution in [3.05, 3.63) is 12.2 Å². The van der Waals surface area contributed by atoms with Crippen LogP contribution in [0.5, 0.6) is 0 Å². The van der Waals surface area contributed by atoms with Crippen LogP contribution in [0.25, 0.3) is 0 Å². The number of rotatable bonds is 6. The van der Waals surface area contributed by atoms with Gasteiger partial charge < -0.3 is 0 Å². The van der Waals surface area contributed by atoms with Gasteiger partial charge in [-0.1, -0.05) is 6.92 Å². The first-order chi connectivity index (χ1) is 7.05.